The summed E-state index contributed by atoms with van der Waals surface area (Å²) in [6.07, 6.45) is 0. The largest absolute Gasteiger partial charge is 0.287 e. The van der Waals surface area contributed by atoms with Crippen molar-refractivity contribution in [3.63, 3.8) is 0 Å². The predicted octanol–water partition coefficient (Wildman–Crippen LogP) is 1.69. The lowest BCUT2D eigenvalue weighted by atomic mass is 10.1. The molecule has 0 aliphatic rings. The third-order valence-electron chi connectivity index (χ3n) is 3.79. The van der Waals surface area contributed by atoms with E-state index in [0.717, 1.165) is 4.68 Å². The molecule has 1 amide bonds. The second-order valence-electron chi connectivity index (χ2n) is 5.53. The van der Waals surface area contributed by atoms with Gasteiger partial charge in [0.1, 0.15) is 0 Å². The van der Waals surface area contributed by atoms with E-state index < -0.39 is 15.9 Å². The van der Waals surface area contributed by atoms with Gasteiger partial charge >= 0.3 is 0 Å². The van der Waals surface area contributed by atoms with Crippen molar-refractivity contribution in [1.29, 1.82) is 0 Å². The molecule has 3 rings (SSSR count). The van der Waals surface area contributed by atoms with Crippen molar-refractivity contribution < 1.29 is 13.2 Å². The number of carbonyl (C=O) groups excluding carboxylic acids is 1. The van der Waals surface area contributed by atoms with Crippen LogP contribution in [0.4, 0.5) is 0 Å². The van der Waals surface area contributed by atoms with Gasteiger partial charge in [0.2, 0.25) is 0 Å². The molecule has 3 aromatic rings. The molecule has 2 aromatic carbocycles. The number of carbonyl (C=O) groups is 1. The number of hydrogen-bond donors (Lipinski definition) is 2. The SMILES string of the molecule is CCn1nc(C(=O)NNS(=O)(=O)c2cccc(Cl)c2)c2ccccc2c1=O. The van der Waals surface area contributed by atoms with Gasteiger partial charge in [-0.05, 0) is 31.2 Å². The number of fused-ring (bicyclic) bond motifs is 1. The highest BCUT2D eigenvalue weighted by molar-refractivity contribution is 7.89. The van der Waals surface area contributed by atoms with E-state index in [4.69, 9.17) is 11.6 Å². The molecule has 0 radical (unpaired) electrons. The first kappa shape index (κ1) is 19.0. The second-order valence-corrected chi connectivity index (χ2v) is 7.65. The van der Waals surface area contributed by atoms with Crippen LogP contribution in [0.1, 0.15) is 17.4 Å². The highest BCUT2D eigenvalue weighted by Gasteiger charge is 2.19. The number of amides is 1. The van der Waals surface area contributed by atoms with Gasteiger partial charge < -0.3 is 0 Å². The number of nitrogens with zero attached hydrogens (tertiary/aromatic N) is 2. The zero-order chi connectivity index (χ0) is 19.6. The maximum atomic E-state index is 12.5. The van der Waals surface area contributed by atoms with Gasteiger partial charge in [0.15, 0.2) is 5.69 Å². The number of aromatic nitrogens is 2. The number of rotatable bonds is 5. The summed E-state index contributed by atoms with van der Waals surface area (Å²) in [5.41, 5.74) is 1.72. The molecule has 0 aliphatic heterocycles. The zero-order valence-corrected chi connectivity index (χ0v) is 15.7. The van der Waals surface area contributed by atoms with Crippen LogP contribution in [0.15, 0.2) is 58.2 Å². The van der Waals surface area contributed by atoms with Crippen molar-refractivity contribution >= 4 is 38.3 Å². The van der Waals surface area contributed by atoms with Crippen molar-refractivity contribution in [3.8, 4) is 0 Å². The summed E-state index contributed by atoms with van der Waals surface area (Å²) in [5.74, 6) is -0.793. The first-order valence-corrected chi connectivity index (χ1v) is 9.77. The summed E-state index contributed by atoms with van der Waals surface area (Å²) in [5, 5.41) is 4.93. The first-order chi connectivity index (χ1) is 12.8. The third-order valence-corrected chi connectivity index (χ3v) is 5.27. The van der Waals surface area contributed by atoms with Crippen LogP contribution < -0.4 is 15.8 Å². The zero-order valence-electron chi connectivity index (χ0n) is 14.1. The molecule has 1 heterocycles. The molecule has 0 atom stereocenters. The van der Waals surface area contributed by atoms with Crippen LogP contribution in [0.2, 0.25) is 5.02 Å². The molecule has 140 valence electrons. The fourth-order valence-electron chi connectivity index (χ4n) is 2.48. The molecule has 0 spiro atoms. The molecule has 0 unspecified atom stereocenters. The Morgan fingerprint density at radius 3 is 2.52 bits per heavy atom. The van der Waals surface area contributed by atoms with Crippen molar-refractivity contribution in [2.24, 2.45) is 0 Å². The number of aryl methyl sites for hydroxylation is 1. The summed E-state index contributed by atoms with van der Waals surface area (Å²) in [7, 11) is -4.03. The Hall–Kier alpha value is -2.75. The van der Waals surface area contributed by atoms with Gasteiger partial charge in [-0.25, -0.2) is 13.1 Å². The minimum absolute atomic E-state index is 0.0687. The molecule has 0 saturated heterocycles. The van der Waals surface area contributed by atoms with Crippen molar-refractivity contribution in [2.75, 3.05) is 0 Å². The predicted molar refractivity (Wildman–Crippen MR) is 101 cm³/mol. The molecule has 1 aromatic heterocycles. The van der Waals surface area contributed by atoms with Crippen LogP contribution >= 0.6 is 11.6 Å². The molecular weight excluding hydrogens is 392 g/mol. The summed E-state index contributed by atoms with van der Waals surface area (Å²) in [4.78, 5) is 26.8. The number of nitrogens with one attached hydrogen (secondary N) is 2. The highest BCUT2D eigenvalue weighted by Crippen LogP contribution is 2.15. The maximum absolute atomic E-state index is 12.5. The van der Waals surface area contributed by atoms with E-state index in [1.807, 2.05) is 4.83 Å². The van der Waals surface area contributed by atoms with Gasteiger partial charge in [0.05, 0.1) is 10.3 Å². The number of hydrogen-bond acceptors (Lipinski definition) is 5. The van der Waals surface area contributed by atoms with E-state index in [0.29, 0.717) is 10.8 Å². The molecule has 0 saturated carbocycles. The molecule has 2 N–H and O–H groups in total. The Kier molecular flexibility index (Phi) is 5.26. The van der Waals surface area contributed by atoms with Crippen molar-refractivity contribution in [2.45, 2.75) is 18.4 Å². The Morgan fingerprint density at radius 1 is 1.15 bits per heavy atom. The number of hydrazine groups is 1. The Labute approximate surface area is 159 Å². The average Bonchev–Trinajstić information content (AvgIpc) is 2.67. The van der Waals surface area contributed by atoms with Crippen LogP contribution in [-0.4, -0.2) is 24.1 Å². The molecule has 10 heteroatoms. The van der Waals surface area contributed by atoms with Gasteiger partial charge in [-0.2, -0.15) is 5.10 Å². The molecule has 8 nitrogen and oxygen atoms in total. The molecular formula is C17H15ClN4O4S. The Morgan fingerprint density at radius 2 is 1.85 bits per heavy atom. The summed E-state index contributed by atoms with van der Waals surface area (Å²) in [6.45, 7) is 1.98. The van der Waals surface area contributed by atoms with Crippen LogP contribution in [0, 0.1) is 0 Å². The quantitative estimate of drug-likeness (QED) is 0.626. The summed E-state index contributed by atoms with van der Waals surface area (Å²) >= 11 is 5.80. The maximum Gasteiger partial charge on any atom is 0.287 e. The van der Waals surface area contributed by atoms with E-state index >= 15 is 0 Å². The van der Waals surface area contributed by atoms with Crippen LogP contribution in [0.5, 0.6) is 0 Å². The topological polar surface area (TPSA) is 110 Å². The fraction of sp³-hybridized carbons (Fsp3) is 0.118. The summed E-state index contributed by atoms with van der Waals surface area (Å²) < 4.78 is 25.7. The van der Waals surface area contributed by atoms with E-state index in [1.165, 1.54) is 24.3 Å². The lowest BCUT2D eigenvalue weighted by Gasteiger charge is -2.11. The summed E-state index contributed by atoms with van der Waals surface area (Å²) in [6, 6.07) is 12.1. The number of halogens is 1. The van der Waals surface area contributed by atoms with Crippen LogP contribution in [0.25, 0.3) is 10.8 Å². The molecule has 0 aliphatic carbocycles. The van der Waals surface area contributed by atoms with Crippen LogP contribution in [-0.2, 0) is 16.6 Å². The van der Waals surface area contributed by atoms with Gasteiger partial charge in [0, 0.05) is 17.0 Å². The van der Waals surface area contributed by atoms with E-state index in [-0.39, 0.29) is 27.7 Å². The lowest BCUT2D eigenvalue weighted by molar-refractivity contribution is 0.0939. The van der Waals surface area contributed by atoms with Gasteiger partial charge in [0.25, 0.3) is 21.5 Å². The normalized spacial score (nSPS) is 11.5. The Balaban J connectivity index is 1.93. The third kappa shape index (κ3) is 3.85. The minimum Gasteiger partial charge on any atom is -0.272 e. The first-order valence-electron chi connectivity index (χ1n) is 7.91. The Bertz CT molecular complexity index is 1190. The van der Waals surface area contributed by atoms with E-state index in [1.54, 1.807) is 31.2 Å². The average molecular weight is 407 g/mol. The molecule has 0 bridgehead atoms. The lowest BCUT2D eigenvalue weighted by Crippen LogP contribution is -2.42. The standard InChI is InChI=1S/C17H15ClN4O4S/c1-2-22-17(24)14-9-4-3-8-13(14)15(20-22)16(23)19-21-27(25,26)12-7-5-6-11(18)10-12/h3-10,21H,2H2,1H3,(H,19,23). The fourth-order valence-corrected chi connectivity index (χ4v) is 3.62. The van der Waals surface area contributed by atoms with Crippen molar-refractivity contribution in [3.05, 3.63) is 69.6 Å². The highest BCUT2D eigenvalue weighted by atomic mass is 35.5. The monoisotopic (exact) mass is 406 g/mol. The second kappa shape index (κ2) is 7.47. The van der Waals surface area contributed by atoms with Gasteiger partial charge in [-0.3, -0.25) is 15.0 Å². The van der Waals surface area contributed by atoms with Gasteiger partial charge in [-0.1, -0.05) is 35.9 Å². The smallest absolute Gasteiger partial charge is 0.272 e. The molecule has 27 heavy (non-hydrogen) atoms. The van der Waals surface area contributed by atoms with E-state index in [9.17, 15) is 18.0 Å². The van der Waals surface area contributed by atoms with Crippen LogP contribution in [0.3, 0.4) is 0 Å². The van der Waals surface area contributed by atoms with Crippen molar-refractivity contribution in [1.82, 2.24) is 20.0 Å². The van der Waals surface area contributed by atoms with Gasteiger partial charge in [-0.15, -0.1) is 4.83 Å². The van der Waals surface area contributed by atoms with E-state index in [2.05, 4.69) is 10.5 Å². The molecule has 0 fully saturated rings. The minimum atomic E-state index is -4.03. The number of sulfonamides is 1. The number of benzene rings is 2.